The highest BCUT2D eigenvalue weighted by Gasteiger charge is 2.49. The zero-order valence-corrected chi connectivity index (χ0v) is 32.6. The molecule has 0 aromatic heterocycles. The van der Waals surface area contributed by atoms with Crippen molar-refractivity contribution in [2.24, 2.45) is 0 Å². The van der Waals surface area contributed by atoms with Gasteiger partial charge in [-0.2, -0.15) is 33.7 Å². The maximum Gasteiger partial charge on any atom is 0.297 e. The quantitative estimate of drug-likeness (QED) is 0.137. The van der Waals surface area contributed by atoms with Gasteiger partial charge in [-0.3, -0.25) is 21.5 Å². The van der Waals surface area contributed by atoms with Crippen molar-refractivity contribution in [3.05, 3.63) is 119 Å². The van der Waals surface area contributed by atoms with Gasteiger partial charge in [-0.05, 0) is 76.2 Å². The molecule has 0 spiro atoms. The summed E-state index contributed by atoms with van der Waals surface area (Å²) < 4.78 is 131. The predicted octanol–water partition coefficient (Wildman–Crippen LogP) is 2.87. The van der Waals surface area contributed by atoms with Gasteiger partial charge in [0, 0.05) is 0 Å². The molecule has 0 amide bonds. The highest BCUT2D eigenvalue weighted by molar-refractivity contribution is 7.87. The van der Waals surface area contributed by atoms with E-state index in [9.17, 15) is 48.7 Å². The number of ketones is 1. The van der Waals surface area contributed by atoms with Crippen molar-refractivity contribution < 1.29 is 65.4 Å². The van der Waals surface area contributed by atoms with Crippen molar-refractivity contribution in [3.8, 4) is 0 Å². The molecule has 15 nitrogen and oxygen atoms in total. The molecule has 54 heavy (non-hydrogen) atoms. The van der Waals surface area contributed by atoms with Crippen molar-refractivity contribution in [2.45, 2.75) is 71.7 Å². The Kier molecular flexibility index (Phi) is 13.7. The van der Waals surface area contributed by atoms with E-state index < -0.39 is 103 Å². The maximum absolute atomic E-state index is 13.8. The third kappa shape index (κ3) is 10.7. The number of aliphatic hydroxyl groups excluding tert-OH is 2. The van der Waals surface area contributed by atoms with E-state index in [1.165, 1.54) is 48.5 Å². The lowest BCUT2D eigenvalue weighted by Gasteiger charge is -2.34. The number of hydrogen-bond donors (Lipinski definition) is 2. The summed E-state index contributed by atoms with van der Waals surface area (Å²) in [7, 11) is -20.4. The first-order valence-electron chi connectivity index (χ1n) is 15.9. The molecule has 0 aliphatic carbocycles. The average Bonchev–Trinajstić information content (AvgIpc) is 3.11. The van der Waals surface area contributed by atoms with Crippen LogP contribution in [0.1, 0.15) is 22.3 Å². The van der Waals surface area contributed by atoms with E-state index in [1.54, 1.807) is 27.7 Å². The molecule has 4 atom stereocenters. The molecule has 4 aromatic rings. The molecule has 0 radical (unpaired) electrons. The summed E-state index contributed by atoms with van der Waals surface area (Å²) in [4.78, 5) is 11.3. The Labute approximate surface area is 314 Å². The van der Waals surface area contributed by atoms with Crippen LogP contribution >= 0.6 is 0 Å². The Morgan fingerprint density at radius 3 is 1.04 bits per heavy atom. The Morgan fingerprint density at radius 1 is 0.463 bits per heavy atom. The Balaban J connectivity index is 1.98. The number of carbonyl (C=O) groups excluding carboxylic acids is 1. The summed E-state index contributed by atoms with van der Waals surface area (Å²) >= 11 is 0. The highest BCUT2D eigenvalue weighted by Crippen LogP contribution is 2.31. The lowest BCUT2D eigenvalue weighted by atomic mass is 10.0. The lowest BCUT2D eigenvalue weighted by Crippen LogP contribution is -2.55. The SMILES string of the molecule is Cc1ccc(S(=O)(=O)OC(CO)C(OS(=O)(=O)c2ccc(C)cc2)C(OS(=O)(=O)c2ccc(C)cc2)C(OS(=O)(=O)c2ccc(C)cc2)C(=O)CO)cc1. The van der Waals surface area contributed by atoms with Crippen LogP contribution in [0.4, 0.5) is 0 Å². The smallest absolute Gasteiger partial charge is 0.297 e. The standard InChI is InChI=1S/C35H38O15S4/c1-23-5-13-27(14-6-23)51(39,40)47-32(22-37)34(49-53(43,44)29-17-9-25(3)10-18-29)35(50-54(45,46)30-19-11-26(4)12-20-30)33(31(38)21-36)48-52(41,42)28-15-7-24(2)8-16-28/h5-20,32-37H,21-22H2,1-4H3. The second-order valence-corrected chi connectivity index (χ2v) is 18.4. The van der Waals surface area contributed by atoms with E-state index >= 15 is 0 Å². The molecule has 0 saturated carbocycles. The van der Waals surface area contributed by atoms with E-state index in [1.807, 2.05) is 0 Å². The Morgan fingerprint density at radius 2 is 0.741 bits per heavy atom. The van der Waals surface area contributed by atoms with Crippen LogP contribution in [0.5, 0.6) is 0 Å². The van der Waals surface area contributed by atoms with E-state index in [0.29, 0.717) is 22.3 Å². The Bertz CT molecular complexity index is 2360. The molecule has 292 valence electrons. The van der Waals surface area contributed by atoms with Crippen molar-refractivity contribution in [1.82, 2.24) is 0 Å². The number of hydrogen-bond acceptors (Lipinski definition) is 15. The molecule has 4 unspecified atom stereocenters. The topological polar surface area (TPSA) is 231 Å². The van der Waals surface area contributed by atoms with Crippen LogP contribution in [-0.2, 0) is 62.0 Å². The minimum atomic E-state index is -5.17. The van der Waals surface area contributed by atoms with Crippen LogP contribution in [0.25, 0.3) is 0 Å². The molecule has 0 aliphatic heterocycles. The third-order valence-electron chi connectivity index (χ3n) is 7.84. The first-order valence-corrected chi connectivity index (χ1v) is 21.6. The van der Waals surface area contributed by atoms with E-state index in [4.69, 9.17) is 16.7 Å². The van der Waals surface area contributed by atoms with Gasteiger partial charge in [0.25, 0.3) is 40.5 Å². The summed E-state index contributed by atoms with van der Waals surface area (Å²) in [6, 6.07) is 19.8. The van der Waals surface area contributed by atoms with Crippen LogP contribution in [0.3, 0.4) is 0 Å². The second-order valence-electron chi connectivity index (χ2n) is 12.1. The third-order valence-corrected chi connectivity index (χ3v) is 13.1. The van der Waals surface area contributed by atoms with E-state index in [0.717, 1.165) is 48.5 Å². The van der Waals surface area contributed by atoms with Crippen molar-refractivity contribution in [3.63, 3.8) is 0 Å². The van der Waals surface area contributed by atoms with Gasteiger partial charge in [0.05, 0.1) is 26.2 Å². The van der Waals surface area contributed by atoms with Crippen LogP contribution in [-0.4, -0.2) is 87.3 Å². The Hall–Kier alpha value is -3.89. The molecule has 19 heteroatoms. The fourth-order valence-electron chi connectivity index (χ4n) is 4.81. The second kappa shape index (κ2) is 17.3. The van der Waals surface area contributed by atoms with Gasteiger partial charge in [0.15, 0.2) is 11.9 Å². The maximum atomic E-state index is 13.8. The van der Waals surface area contributed by atoms with Gasteiger partial charge >= 0.3 is 0 Å². The van der Waals surface area contributed by atoms with Crippen molar-refractivity contribution in [2.75, 3.05) is 13.2 Å². The normalized spacial score (nSPS) is 14.9. The monoisotopic (exact) mass is 826 g/mol. The first-order chi connectivity index (χ1) is 25.2. The summed E-state index contributed by atoms with van der Waals surface area (Å²) in [5.41, 5.74) is 2.48. The minimum absolute atomic E-state index is 0.488. The summed E-state index contributed by atoms with van der Waals surface area (Å²) in [6.07, 6.45) is -10.7. The van der Waals surface area contributed by atoms with Crippen LogP contribution in [0, 0.1) is 27.7 Å². The van der Waals surface area contributed by atoms with Gasteiger partial charge in [0.1, 0.15) is 24.9 Å². The first kappa shape index (κ1) is 42.8. The van der Waals surface area contributed by atoms with Gasteiger partial charge < -0.3 is 10.2 Å². The number of Topliss-reactive ketones (excluding diaryl/α,β-unsaturated/α-hetero) is 1. The minimum Gasteiger partial charge on any atom is -0.394 e. The van der Waals surface area contributed by atoms with Crippen molar-refractivity contribution in [1.29, 1.82) is 0 Å². The molecule has 2 N–H and O–H groups in total. The molecular weight excluding hydrogens is 789 g/mol. The number of rotatable bonds is 18. The molecule has 4 aromatic carbocycles. The molecule has 0 fully saturated rings. The lowest BCUT2D eigenvalue weighted by molar-refractivity contribution is -0.138. The summed E-state index contributed by atoms with van der Waals surface area (Å²) in [6.45, 7) is 3.61. The van der Waals surface area contributed by atoms with E-state index in [2.05, 4.69) is 0 Å². The molecule has 0 heterocycles. The average molecular weight is 827 g/mol. The van der Waals surface area contributed by atoms with Crippen LogP contribution in [0.2, 0.25) is 0 Å². The summed E-state index contributed by atoms with van der Waals surface area (Å²) in [5.74, 6) is -1.57. The van der Waals surface area contributed by atoms with Crippen molar-refractivity contribution >= 4 is 46.3 Å². The fourth-order valence-corrected chi connectivity index (χ4v) is 9.15. The van der Waals surface area contributed by atoms with Gasteiger partial charge in [0.2, 0.25) is 0 Å². The zero-order chi connectivity index (χ0) is 40.1. The van der Waals surface area contributed by atoms with Gasteiger partial charge in [-0.15, -0.1) is 0 Å². The zero-order valence-electron chi connectivity index (χ0n) is 29.3. The predicted molar refractivity (Wildman–Crippen MR) is 192 cm³/mol. The molecule has 0 saturated heterocycles. The molecule has 4 rings (SSSR count). The summed E-state index contributed by atoms with van der Waals surface area (Å²) in [5, 5.41) is 20.6. The van der Waals surface area contributed by atoms with Crippen LogP contribution < -0.4 is 0 Å². The fraction of sp³-hybridized carbons (Fsp3) is 0.286. The molecule has 0 aliphatic rings. The van der Waals surface area contributed by atoms with E-state index in [-0.39, 0.29) is 0 Å². The highest BCUT2D eigenvalue weighted by atomic mass is 32.2. The molecular formula is C35H38O15S4. The number of aliphatic hydroxyl groups is 2. The number of carbonyl (C=O) groups is 1. The van der Waals surface area contributed by atoms with Crippen LogP contribution in [0.15, 0.2) is 117 Å². The van der Waals surface area contributed by atoms with Gasteiger partial charge in [-0.25, -0.2) is 0 Å². The largest absolute Gasteiger partial charge is 0.394 e. The number of aryl methyl sites for hydroxylation is 4. The number of benzene rings is 4. The molecule has 0 bridgehead atoms. The van der Waals surface area contributed by atoms with Gasteiger partial charge in [-0.1, -0.05) is 70.8 Å².